The van der Waals surface area contributed by atoms with E-state index in [9.17, 15) is 4.79 Å². The average Bonchev–Trinajstić information content (AvgIpc) is 2.59. The predicted molar refractivity (Wildman–Crippen MR) is 87.8 cm³/mol. The molecule has 1 aliphatic heterocycles. The Kier molecular flexibility index (Phi) is 7.94. The second kappa shape index (κ2) is 9.44. The third kappa shape index (κ3) is 4.89. The van der Waals surface area contributed by atoms with Crippen molar-refractivity contribution in [3.8, 4) is 17.2 Å². The number of methoxy groups -OCH3 is 3. The van der Waals surface area contributed by atoms with Gasteiger partial charge in [-0.2, -0.15) is 0 Å². The van der Waals surface area contributed by atoms with Crippen molar-refractivity contribution in [2.75, 3.05) is 41.1 Å². The molecule has 0 aliphatic carbocycles. The molecule has 8 heteroatoms. The zero-order valence-corrected chi connectivity index (χ0v) is 14.3. The van der Waals surface area contributed by atoms with Crippen LogP contribution in [0.4, 0.5) is 0 Å². The Balaban J connectivity index is 0.00000264. The number of carbonyl (C=O) groups is 1. The molecule has 1 aromatic rings. The van der Waals surface area contributed by atoms with E-state index in [1.165, 1.54) is 0 Å². The van der Waals surface area contributed by atoms with Crippen molar-refractivity contribution in [2.24, 2.45) is 0 Å². The molecule has 1 aliphatic rings. The minimum Gasteiger partial charge on any atom is -0.493 e. The number of nitrogens with one attached hydrogen (secondary N) is 2. The van der Waals surface area contributed by atoms with Crippen LogP contribution in [-0.4, -0.2) is 53.0 Å². The van der Waals surface area contributed by atoms with Gasteiger partial charge in [-0.3, -0.25) is 4.79 Å². The van der Waals surface area contributed by atoms with Crippen molar-refractivity contribution in [3.63, 3.8) is 0 Å². The minimum atomic E-state index is -0.309. The molecule has 1 saturated heterocycles. The first kappa shape index (κ1) is 19.3. The number of carbonyl (C=O) groups excluding carboxylic acids is 1. The second-order valence-electron chi connectivity index (χ2n) is 4.83. The van der Waals surface area contributed by atoms with Crippen molar-refractivity contribution in [1.29, 1.82) is 0 Å². The normalized spacial score (nSPS) is 16.9. The maximum Gasteiger partial charge on any atom is 0.239 e. The van der Waals surface area contributed by atoms with Crippen molar-refractivity contribution in [2.45, 2.75) is 12.6 Å². The molecular weight excluding hydrogens is 324 g/mol. The van der Waals surface area contributed by atoms with Crippen LogP contribution in [-0.2, 0) is 16.1 Å². The van der Waals surface area contributed by atoms with E-state index in [2.05, 4.69) is 10.6 Å². The van der Waals surface area contributed by atoms with Crippen LogP contribution >= 0.6 is 12.4 Å². The molecule has 2 rings (SSSR count). The number of ether oxygens (including phenoxy) is 4. The highest BCUT2D eigenvalue weighted by atomic mass is 35.5. The summed E-state index contributed by atoms with van der Waals surface area (Å²) in [4.78, 5) is 12.1. The first-order valence-electron chi connectivity index (χ1n) is 7.07. The van der Waals surface area contributed by atoms with Gasteiger partial charge in [-0.25, -0.2) is 0 Å². The number of halogens is 1. The summed E-state index contributed by atoms with van der Waals surface area (Å²) >= 11 is 0. The van der Waals surface area contributed by atoms with E-state index in [1.54, 1.807) is 21.3 Å². The molecule has 1 atom stereocenters. The summed E-state index contributed by atoms with van der Waals surface area (Å²) in [5.74, 6) is 1.56. The molecule has 130 valence electrons. The number of amides is 1. The zero-order chi connectivity index (χ0) is 15.9. The smallest absolute Gasteiger partial charge is 0.239 e. The quantitative estimate of drug-likeness (QED) is 0.791. The van der Waals surface area contributed by atoms with Crippen molar-refractivity contribution < 1.29 is 23.7 Å². The molecule has 0 spiro atoms. The van der Waals surface area contributed by atoms with Crippen LogP contribution in [0, 0.1) is 0 Å². The molecule has 1 unspecified atom stereocenters. The molecule has 2 N–H and O–H groups in total. The standard InChI is InChI=1S/C15H22N2O5.ClH/c1-19-12-6-10(7-13(20-2)14(12)21-3)8-17-15(18)11-9-22-5-4-16-11;/h6-7,11,16H,4-5,8-9H2,1-3H3,(H,17,18);1H. The molecular formula is C15H23ClN2O5. The Bertz CT molecular complexity index is 496. The van der Waals surface area contributed by atoms with Crippen LogP contribution in [0.15, 0.2) is 12.1 Å². The molecule has 1 amide bonds. The van der Waals surface area contributed by atoms with E-state index >= 15 is 0 Å². The molecule has 0 aromatic heterocycles. The fourth-order valence-electron chi connectivity index (χ4n) is 2.28. The van der Waals surface area contributed by atoms with Gasteiger partial charge in [-0.05, 0) is 17.7 Å². The zero-order valence-electron chi connectivity index (χ0n) is 13.5. The number of hydrogen-bond acceptors (Lipinski definition) is 6. The third-order valence-corrected chi connectivity index (χ3v) is 3.43. The van der Waals surface area contributed by atoms with Crippen LogP contribution in [0.3, 0.4) is 0 Å². The maximum absolute atomic E-state index is 12.1. The van der Waals surface area contributed by atoms with E-state index in [0.29, 0.717) is 43.6 Å². The van der Waals surface area contributed by atoms with Crippen LogP contribution in [0.5, 0.6) is 17.2 Å². The lowest BCUT2D eigenvalue weighted by Crippen LogP contribution is -2.51. The van der Waals surface area contributed by atoms with Gasteiger partial charge in [0.05, 0.1) is 34.5 Å². The van der Waals surface area contributed by atoms with Crippen molar-refractivity contribution in [3.05, 3.63) is 17.7 Å². The Morgan fingerprint density at radius 2 is 1.91 bits per heavy atom. The monoisotopic (exact) mass is 346 g/mol. The summed E-state index contributed by atoms with van der Waals surface area (Å²) in [5, 5.41) is 5.99. The summed E-state index contributed by atoms with van der Waals surface area (Å²) < 4.78 is 21.1. The molecule has 0 radical (unpaired) electrons. The lowest BCUT2D eigenvalue weighted by atomic mass is 10.1. The van der Waals surface area contributed by atoms with Crippen molar-refractivity contribution >= 4 is 18.3 Å². The molecule has 0 saturated carbocycles. The second-order valence-corrected chi connectivity index (χ2v) is 4.83. The van der Waals surface area contributed by atoms with Gasteiger partial charge in [0, 0.05) is 13.1 Å². The van der Waals surface area contributed by atoms with Crippen molar-refractivity contribution in [1.82, 2.24) is 10.6 Å². The van der Waals surface area contributed by atoms with Crippen LogP contribution < -0.4 is 24.8 Å². The molecule has 1 aromatic carbocycles. The van der Waals surface area contributed by atoms with Gasteiger partial charge in [0.1, 0.15) is 6.04 Å². The van der Waals surface area contributed by atoms with Gasteiger partial charge in [0.25, 0.3) is 0 Å². The highest BCUT2D eigenvalue weighted by Crippen LogP contribution is 2.38. The third-order valence-electron chi connectivity index (χ3n) is 3.43. The fourth-order valence-corrected chi connectivity index (χ4v) is 2.28. The molecule has 7 nitrogen and oxygen atoms in total. The van der Waals surface area contributed by atoms with E-state index in [1.807, 2.05) is 12.1 Å². The van der Waals surface area contributed by atoms with Gasteiger partial charge in [0.2, 0.25) is 11.7 Å². The lowest BCUT2D eigenvalue weighted by Gasteiger charge is -2.23. The topological polar surface area (TPSA) is 78.1 Å². The summed E-state index contributed by atoms with van der Waals surface area (Å²) in [6, 6.07) is 3.31. The average molecular weight is 347 g/mol. The van der Waals surface area contributed by atoms with Crippen LogP contribution in [0.2, 0.25) is 0 Å². The summed E-state index contributed by atoms with van der Waals surface area (Å²) in [7, 11) is 4.67. The maximum atomic E-state index is 12.1. The van der Waals surface area contributed by atoms with E-state index in [0.717, 1.165) is 5.56 Å². The van der Waals surface area contributed by atoms with Crippen LogP contribution in [0.25, 0.3) is 0 Å². The van der Waals surface area contributed by atoms with Gasteiger partial charge < -0.3 is 29.6 Å². The first-order valence-corrected chi connectivity index (χ1v) is 7.07. The molecule has 0 bridgehead atoms. The highest BCUT2D eigenvalue weighted by Gasteiger charge is 2.21. The van der Waals surface area contributed by atoms with E-state index in [4.69, 9.17) is 18.9 Å². The molecule has 23 heavy (non-hydrogen) atoms. The van der Waals surface area contributed by atoms with Gasteiger partial charge in [0.15, 0.2) is 11.5 Å². The van der Waals surface area contributed by atoms with E-state index in [-0.39, 0.29) is 24.4 Å². The first-order chi connectivity index (χ1) is 10.7. The summed E-state index contributed by atoms with van der Waals surface area (Å²) in [6.45, 7) is 2.08. The number of morpholine rings is 1. The minimum absolute atomic E-state index is 0. The number of benzene rings is 1. The van der Waals surface area contributed by atoms with Gasteiger partial charge in [-0.1, -0.05) is 0 Å². The number of rotatable bonds is 6. The van der Waals surface area contributed by atoms with Crippen LogP contribution in [0.1, 0.15) is 5.56 Å². The lowest BCUT2D eigenvalue weighted by molar-refractivity contribution is -0.126. The molecule has 1 heterocycles. The van der Waals surface area contributed by atoms with Gasteiger partial charge >= 0.3 is 0 Å². The van der Waals surface area contributed by atoms with E-state index < -0.39 is 0 Å². The number of hydrogen-bond donors (Lipinski definition) is 2. The Labute approximate surface area is 142 Å². The molecule has 1 fully saturated rings. The Morgan fingerprint density at radius 1 is 1.26 bits per heavy atom. The Morgan fingerprint density at radius 3 is 2.39 bits per heavy atom. The SMILES string of the molecule is COc1cc(CNC(=O)C2COCCN2)cc(OC)c1OC.Cl. The summed E-state index contributed by atoms with van der Waals surface area (Å²) in [6.07, 6.45) is 0. The predicted octanol–water partition coefficient (Wildman–Crippen LogP) is 0.739. The largest absolute Gasteiger partial charge is 0.493 e. The summed E-state index contributed by atoms with van der Waals surface area (Å²) in [5.41, 5.74) is 0.861. The fraction of sp³-hybridized carbons (Fsp3) is 0.533. The highest BCUT2D eigenvalue weighted by molar-refractivity contribution is 5.85. The Hall–Kier alpha value is -1.70. The van der Waals surface area contributed by atoms with Gasteiger partial charge in [-0.15, -0.1) is 12.4 Å².